The maximum absolute atomic E-state index is 12.8. The fraction of sp³-hybridized carbons (Fsp3) is 0.588. The molecule has 1 heterocycles. The summed E-state index contributed by atoms with van der Waals surface area (Å²) >= 11 is 0. The third-order valence-electron chi connectivity index (χ3n) is 4.57. The standard InChI is InChI=1S/C17H24FNSi/c1-14(18)3-2-10-20-11-8-17(9-12-20)16-6-4-15(13-19)5-7-16/h4-7,14,17,20H,2-3,8-12H2,1H3. The lowest BCUT2D eigenvalue weighted by Crippen LogP contribution is -2.20. The van der Waals surface area contributed by atoms with Gasteiger partial charge in [-0.3, -0.25) is 0 Å². The minimum absolute atomic E-state index is 0.582. The minimum Gasteiger partial charge on any atom is -0.248 e. The van der Waals surface area contributed by atoms with Crippen LogP contribution in [0.25, 0.3) is 0 Å². The third kappa shape index (κ3) is 4.45. The van der Waals surface area contributed by atoms with Gasteiger partial charge in [0.05, 0.1) is 17.8 Å². The Bertz CT molecular complexity index is 441. The van der Waals surface area contributed by atoms with Crippen LogP contribution in [0.3, 0.4) is 0 Å². The number of hydrogen-bond donors (Lipinski definition) is 0. The molecule has 1 aliphatic rings. The molecule has 1 saturated heterocycles. The van der Waals surface area contributed by atoms with E-state index in [4.69, 9.17) is 5.26 Å². The average Bonchev–Trinajstić information content (AvgIpc) is 2.48. The van der Waals surface area contributed by atoms with Crippen LogP contribution >= 0.6 is 0 Å². The van der Waals surface area contributed by atoms with E-state index in [0.717, 1.165) is 18.4 Å². The normalized spacial score (nSPS) is 24.1. The summed E-state index contributed by atoms with van der Waals surface area (Å²) in [6.45, 7) is 1.67. The van der Waals surface area contributed by atoms with E-state index >= 15 is 0 Å². The van der Waals surface area contributed by atoms with Crippen LogP contribution in [0.2, 0.25) is 18.1 Å². The summed E-state index contributed by atoms with van der Waals surface area (Å²) in [6, 6.07) is 14.4. The molecule has 0 saturated carbocycles. The zero-order chi connectivity index (χ0) is 14.4. The van der Waals surface area contributed by atoms with E-state index in [1.807, 2.05) is 12.1 Å². The molecule has 1 atom stereocenters. The molecule has 20 heavy (non-hydrogen) atoms. The zero-order valence-corrected chi connectivity index (χ0v) is 13.5. The number of hydrogen-bond acceptors (Lipinski definition) is 1. The smallest absolute Gasteiger partial charge is 0.0991 e. The number of nitrogens with zero attached hydrogens (tertiary/aromatic N) is 1. The SMILES string of the molecule is CC(F)CCC[SiH]1CCC(c2ccc(C#N)cc2)CC1. The van der Waals surface area contributed by atoms with Gasteiger partial charge in [-0.05, 0) is 49.8 Å². The lowest BCUT2D eigenvalue weighted by atomic mass is 9.93. The molecule has 0 N–H and O–H groups in total. The fourth-order valence-corrected chi connectivity index (χ4v) is 6.73. The molecular weight excluding hydrogens is 265 g/mol. The molecule has 0 bridgehead atoms. The molecule has 1 unspecified atom stereocenters. The molecule has 108 valence electrons. The second-order valence-corrected chi connectivity index (χ2v) is 9.63. The van der Waals surface area contributed by atoms with Crippen molar-refractivity contribution >= 4 is 8.80 Å². The van der Waals surface area contributed by atoms with Gasteiger partial charge < -0.3 is 0 Å². The highest BCUT2D eigenvalue weighted by atomic mass is 28.3. The molecule has 1 nitrogen and oxygen atoms in total. The maximum atomic E-state index is 12.8. The molecular formula is C17H24FNSi. The highest BCUT2D eigenvalue weighted by Gasteiger charge is 2.23. The number of nitriles is 1. The summed E-state index contributed by atoms with van der Waals surface area (Å²) < 4.78 is 12.8. The second kappa shape index (κ2) is 7.59. The first-order valence-corrected chi connectivity index (χ1v) is 10.3. The largest absolute Gasteiger partial charge is 0.248 e. The average molecular weight is 289 g/mol. The molecule has 0 spiro atoms. The lowest BCUT2D eigenvalue weighted by molar-refractivity contribution is 0.338. The molecule has 1 aromatic rings. The van der Waals surface area contributed by atoms with Crippen LogP contribution in [0, 0.1) is 11.3 Å². The zero-order valence-electron chi connectivity index (χ0n) is 12.3. The Hall–Kier alpha value is -1.14. The molecule has 1 fully saturated rings. The Labute approximate surface area is 123 Å². The van der Waals surface area contributed by atoms with E-state index < -0.39 is 15.0 Å². The molecule has 1 aliphatic heterocycles. The predicted molar refractivity (Wildman–Crippen MR) is 84.5 cm³/mol. The Morgan fingerprint density at radius 3 is 2.50 bits per heavy atom. The molecule has 1 aromatic carbocycles. The summed E-state index contributed by atoms with van der Waals surface area (Å²) in [7, 11) is -0.582. The molecule has 0 radical (unpaired) electrons. The van der Waals surface area contributed by atoms with E-state index in [1.54, 1.807) is 6.92 Å². The topological polar surface area (TPSA) is 23.8 Å². The van der Waals surface area contributed by atoms with E-state index in [1.165, 1.54) is 36.5 Å². The lowest BCUT2D eigenvalue weighted by Gasteiger charge is -2.28. The Morgan fingerprint density at radius 1 is 1.30 bits per heavy atom. The van der Waals surface area contributed by atoms with E-state index in [2.05, 4.69) is 18.2 Å². The van der Waals surface area contributed by atoms with Crippen molar-refractivity contribution < 1.29 is 4.39 Å². The molecule has 0 aliphatic carbocycles. The van der Waals surface area contributed by atoms with E-state index in [0.29, 0.717) is 5.92 Å². The summed E-state index contributed by atoms with van der Waals surface area (Å²) in [5.74, 6) is 0.687. The van der Waals surface area contributed by atoms with Gasteiger partial charge in [-0.1, -0.05) is 36.7 Å². The molecule has 0 aromatic heterocycles. The van der Waals surface area contributed by atoms with Gasteiger partial charge in [-0.2, -0.15) is 5.26 Å². The van der Waals surface area contributed by atoms with Crippen molar-refractivity contribution in [3.05, 3.63) is 35.4 Å². The van der Waals surface area contributed by atoms with Gasteiger partial charge in [0.15, 0.2) is 0 Å². The highest BCUT2D eigenvalue weighted by molar-refractivity contribution is 6.59. The van der Waals surface area contributed by atoms with Crippen molar-refractivity contribution in [2.45, 2.75) is 62.8 Å². The van der Waals surface area contributed by atoms with Crippen molar-refractivity contribution in [2.75, 3.05) is 0 Å². The van der Waals surface area contributed by atoms with Crippen LogP contribution in [-0.2, 0) is 0 Å². The van der Waals surface area contributed by atoms with Crippen LogP contribution in [0.5, 0.6) is 0 Å². The third-order valence-corrected chi connectivity index (χ3v) is 8.10. The first kappa shape index (κ1) is 15.2. The van der Waals surface area contributed by atoms with Crippen LogP contribution in [0.1, 0.15) is 49.7 Å². The summed E-state index contributed by atoms with van der Waals surface area (Å²) in [5, 5.41) is 8.82. The number of alkyl halides is 1. The van der Waals surface area contributed by atoms with Gasteiger partial charge in [-0.15, -0.1) is 0 Å². The van der Waals surface area contributed by atoms with Crippen molar-refractivity contribution in [1.29, 1.82) is 5.26 Å². The Balaban J connectivity index is 1.77. The Morgan fingerprint density at radius 2 is 1.95 bits per heavy atom. The van der Waals surface area contributed by atoms with E-state index in [9.17, 15) is 4.39 Å². The van der Waals surface area contributed by atoms with Gasteiger partial charge in [0.25, 0.3) is 0 Å². The fourth-order valence-electron chi connectivity index (χ4n) is 3.30. The van der Waals surface area contributed by atoms with Crippen LogP contribution in [0.15, 0.2) is 24.3 Å². The number of halogens is 1. The minimum atomic E-state index is -0.626. The first-order valence-electron chi connectivity index (χ1n) is 7.83. The summed E-state index contributed by atoms with van der Waals surface area (Å²) in [5.41, 5.74) is 2.14. The van der Waals surface area contributed by atoms with Crippen LogP contribution in [-0.4, -0.2) is 15.0 Å². The highest BCUT2D eigenvalue weighted by Crippen LogP contribution is 2.35. The number of rotatable bonds is 5. The van der Waals surface area contributed by atoms with Gasteiger partial charge >= 0.3 is 0 Å². The summed E-state index contributed by atoms with van der Waals surface area (Å²) in [6.07, 6.45) is 3.82. The molecule has 2 rings (SSSR count). The van der Waals surface area contributed by atoms with Crippen molar-refractivity contribution in [2.24, 2.45) is 0 Å². The van der Waals surface area contributed by atoms with Gasteiger partial charge in [0, 0.05) is 8.80 Å². The molecule has 3 heteroatoms. The first-order chi connectivity index (χ1) is 9.69. The second-order valence-electron chi connectivity index (χ2n) is 6.16. The van der Waals surface area contributed by atoms with E-state index in [-0.39, 0.29) is 0 Å². The van der Waals surface area contributed by atoms with Crippen molar-refractivity contribution in [3.8, 4) is 6.07 Å². The quantitative estimate of drug-likeness (QED) is 0.714. The molecule has 0 amide bonds. The summed E-state index contributed by atoms with van der Waals surface area (Å²) in [4.78, 5) is 0. The van der Waals surface area contributed by atoms with Gasteiger partial charge in [0.1, 0.15) is 0 Å². The number of benzene rings is 1. The monoisotopic (exact) mass is 289 g/mol. The van der Waals surface area contributed by atoms with Crippen LogP contribution < -0.4 is 0 Å². The van der Waals surface area contributed by atoms with Crippen molar-refractivity contribution in [3.63, 3.8) is 0 Å². The Kier molecular flexibility index (Phi) is 5.79. The van der Waals surface area contributed by atoms with Crippen molar-refractivity contribution in [1.82, 2.24) is 0 Å². The van der Waals surface area contributed by atoms with Gasteiger partial charge in [0.2, 0.25) is 0 Å². The maximum Gasteiger partial charge on any atom is 0.0991 e. The predicted octanol–water partition coefficient (Wildman–Crippen LogP) is 4.80. The van der Waals surface area contributed by atoms with Gasteiger partial charge in [-0.25, -0.2) is 4.39 Å². The van der Waals surface area contributed by atoms with Crippen LogP contribution in [0.4, 0.5) is 4.39 Å².